The van der Waals surface area contributed by atoms with Crippen molar-refractivity contribution in [3.05, 3.63) is 65.2 Å². The molecule has 4 nitrogen and oxygen atoms in total. The van der Waals surface area contributed by atoms with E-state index >= 15 is 0 Å². The first-order valence-corrected chi connectivity index (χ1v) is 10.5. The Balaban J connectivity index is 1.82. The molecule has 0 radical (unpaired) electrons. The molecule has 2 aromatic carbocycles. The summed E-state index contributed by atoms with van der Waals surface area (Å²) in [6.07, 6.45) is 0.827. The van der Waals surface area contributed by atoms with Crippen LogP contribution >= 0.6 is 0 Å². The van der Waals surface area contributed by atoms with Crippen molar-refractivity contribution >= 4 is 5.91 Å². The number of benzene rings is 2. The van der Waals surface area contributed by atoms with E-state index in [1.165, 1.54) is 16.7 Å². The summed E-state index contributed by atoms with van der Waals surface area (Å²) >= 11 is 0. The van der Waals surface area contributed by atoms with Crippen LogP contribution in [0.25, 0.3) is 0 Å². The molecular weight excluding hydrogens is 360 g/mol. The van der Waals surface area contributed by atoms with Crippen molar-refractivity contribution in [2.24, 2.45) is 0 Å². The van der Waals surface area contributed by atoms with Crippen molar-refractivity contribution in [2.75, 3.05) is 20.2 Å². The third kappa shape index (κ3) is 4.81. The van der Waals surface area contributed by atoms with Crippen LogP contribution in [0.4, 0.5) is 0 Å². The van der Waals surface area contributed by atoms with E-state index in [0.29, 0.717) is 19.1 Å². The molecule has 0 spiro atoms. The molecule has 4 heteroatoms. The summed E-state index contributed by atoms with van der Waals surface area (Å²) in [5.41, 5.74) is 3.83. The van der Waals surface area contributed by atoms with Gasteiger partial charge < -0.3 is 9.64 Å². The average molecular weight is 395 g/mol. The number of rotatable bonds is 6. The topological polar surface area (TPSA) is 32.8 Å². The summed E-state index contributed by atoms with van der Waals surface area (Å²) in [4.78, 5) is 17.2. The van der Waals surface area contributed by atoms with E-state index in [2.05, 4.69) is 75.9 Å². The first-order chi connectivity index (χ1) is 13.7. The number of hydrogen-bond acceptors (Lipinski definition) is 3. The van der Waals surface area contributed by atoms with E-state index in [1.807, 2.05) is 17.0 Å². The fourth-order valence-corrected chi connectivity index (χ4v) is 3.93. The molecule has 0 saturated carbocycles. The van der Waals surface area contributed by atoms with Crippen LogP contribution in [0.2, 0.25) is 0 Å². The number of carbonyl (C=O) groups is 1. The van der Waals surface area contributed by atoms with Gasteiger partial charge in [0.2, 0.25) is 5.91 Å². The third-order valence-electron chi connectivity index (χ3n) is 5.79. The van der Waals surface area contributed by atoms with Crippen LogP contribution in [0.5, 0.6) is 5.75 Å². The van der Waals surface area contributed by atoms with Crippen molar-refractivity contribution < 1.29 is 9.53 Å². The second-order valence-corrected chi connectivity index (χ2v) is 9.20. The first-order valence-electron chi connectivity index (χ1n) is 10.5. The summed E-state index contributed by atoms with van der Waals surface area (Å²) in [6, 6.07) is 17.2. The molecule has 156 valence electrons. The summed E-state index contributed by atoms with van der Waals surface area (Å²) < 4.78 is 5.24. The van der Waals surface area contributed by atoms with Gasteiger partial charge in [0.05, 0.1) is 13.7 Å². The van der Waals surface area contributed by atoms with Gasteiger partial charge in [-0.25, -0.2) is 0 Å². The maximum Gasteiger partial charge on any atom is 0.238 e. The van der Waals surface area contributed by atoms with Crippen molar-refractivity contribution in [3.63, 3.8) is 0 Å². The van der Waals surface area contributed by atoms with Gasteiger partial charge in [-0.3, -0.25) is 9.69 Å². The lowest BCUT2D eigenvalue weighted by molar-refractivity contribution is -0.128. The van der Waals surface area contributed by atoms with Crippen LogP contribution in [0, 0.1) is 0 Å². The van der Waals surface area contributed by atoms with Crippen LogP contribution < -0.4 is 4.74 Å². The fraction of sp³-hybridized carbons (Fsp3) is 0.480. The van der Waals surface area contributed by atoms with E-state index in [9.17, 15) is 4.79 Å². The van der Waals surface area contributed by atoms with Gasteiger partial charge in [0, 0.05) is 12.6 Å². The number of amides is 1. The highest BCUT2D eigenvalue weighted by atomic mass is 16.5. The zero-order chi connectivity index (χ0) is 21.2. The number of methoxy groups -OCH3 is 1. The molecule has 29 heavy (non-hydrogen) atoms. The second-order valence-electron chi connectivity index (χ2n) is 9.20. The Morgan fingerprint density at radius 3 is 2.17 bits per heavy atom. The lowest BCUT2D eigenvalue weighted by Crippen LogP contribution is -2.36. The molecule has 1 unspecified atom stereocenters. The summed E-state index contributed by atoms with van der Waals surface area (Å²) in [6.45, 7) is 12.2. The van der Waals surface area contributed by atoms with Gasteiger partial charge in [0.25, 0.3) is 0 Å². The Morgan fingerprint density at radius 1 is 1.03 bits per heavy atom. The number of ether oxygens (including phenoxy) is 1. The maximum atomic E-state index is 12.9. The van der Waals surface area contributed by atoms with E-state index in [0.717, 1.165) is 12.2 Å². The van der Waals surface area contributed by atoms with Gasteiger partial charge in [-0.05, 0) is 54.5 Å². The SMILES string of the molecule is COc1ccc(CCN2C(=O)CN(C(C)C)C2c2ccc(C(C)(C)C)cc2)cc1. The minimum absolute atomic E-state index is 0.00485. The molecule has 0 N–H and O–H groups in total. The van der Waals surface area contributed by atoms with Crippen LogP contribution in [0.1, 0.15) is 57.5 Å². The van der Waals surface area contributed by atoms with Crippen molar-refractivity contribution in [2.45, 2.75) is 58.7 Å². The van der Waals surface area contributed by atoms with Crippen LogP contribution in [-0.4, -0.2) is 41.9 Å². The van der Waals surface area contributed by atoms with Gasteiger partial charge in [-0.15, -0.1) is 0 Å². The zero-order valence-electron chi connectivity index (χ0n) is 18.6. The summed E-state index contributed by atoms with van der Waals surface area (Å²) in [7, 11) is 1.67. The molecule has 0 bridgehead atoms. The lowest BCUT2D eigenvalue weighted by Gasteiger charge is -2.33. The predicted molar refractivity (Wildman–Crippen MR) is 118 cm³/mol. The molecule has 1 heterocycles. The molecule has 0 aliphatic carbocycles. The Labute approximate surface area is 175 Å². The molecule has 1 saturated heterocycles. The highest BCUT2D eigenvalue weighted by Gasteiger charge is 2.39. The Morgan fingerprint density at radius 2 is 1.66 bits per heavy atom. The molecule has 1 amide bonds. The Bertz CT molecular complexity index is 819. The molecule has 0 aromatic heterocycles. The monoisotopic (exact) mass is 394 g/mol. The quantitative estimate of drug-likeness (QED) is 0.706. The van der Waals surface area contributed by atoms with Gasteiger partial charge in [0.15, 0.2) is 0 Å². The largest absolute Gasteiger partial charge is 0.497 e. The standard InChI is InChI=1S/C25H34N2O2/c1-18(2)27-17-23(28)26(16-15-19-7-13-22(29-6)14-8-19)24(27)20-9-11-21(12-10-20)25(3,4)5/h7-14,18,24H,15-17H2,1-6H3. The van der Waals surface area contributed by atoms with E-state index in [4.69, 9.17) is 4.74 Å². The third-order valence-corrected chi connectivity index (χ3v) is 5.79. The summed E-state index contributed by atoms with van der Waals surface area (Å²) in [5, 5.41) is 0. The first kappa shape index (κ1) is 21.4. The van der Waals surface area contributed by atoms with Gasteiger partial charge in [-0.2, -0.15) is 0 Å². The minimum Gasteiger partial charge on any atom is -0.497 e. The highest BCUT2D eigenvalue weighted by Crippen LogP contribution is 2.34. The minimum atomic E-state index is -0.00485. The smallest absolute Gasteiger partial charge is 0.238 e. The van der Waals surface area contributed by atoms with Crippen molar-refractivity contribution in [3.8, 4) is 5.75 Å². The lowest BCUT2D eigenvalue weighted by atomic mass is 9.86. The Hall–Kier alpha value is -2.33. The predicted octanol–water partition coefficient (Wildman–Crippen LogP) is 4.79. The van der Waals surface area contributed by atoms with Crippen LogP contribution in [-0.2, 0) is 16.6 Å². The molecule has 3 rings (SSSR count). The van der Waals surface area contributed by atoms with Crippen LogP contribution in [0.3, 0.4) is 0 Å². The zero-order valence-corrected chi connectivity index (χ0v) is 18.6. The average Bonchev–Trinajstić information content (AvgIpc) is 3.03. The van der Waals surface area contributed by atoms with Crippen molar-refractivity contribution in [1.29, 1.82) is 0 Å². The van der Waals surface area contributed by atoms with Gasteiger partial charge in [0.1, 0.15) is 11.9 Å². The number of carbonyl (C=O) groups excluding carboxylic acids is 1. The molecule has 1 atom stereocenters. The van der Waals surface area contributed by atoms with Crippen molar-refractivity contribution in [1.82, 2.24) is 9.80 Å². The van der Waals surface area contributed by atoms with Gasteiger partial charge in [-0.1, -0.05) is 57.2 Å². The maximum absolute atomic E-state index is 12.9. The number of hydrogen-bond donors (Lipinski definition) is 0. The van der Waals surface area contributed by atoms with E-state index in [-0.39, 0.29) is 17.5 Å². The molecular formula is C25H34N2O2. The normalized spacial score (nSPS) is 18.0. The molecule has 1 aliphatic rings. The second kappa shape index (κ2) is 8.58. The summed E-state index contributed by atoms with van der Waals surface area (Å²) in [5.74, 6) is 1.06. The fourth-order valence-electron chi connectivity index (χ4n) is 3.93. The number of nitrogens with zero attached hydrogens (tertiary/aromatic N) is 2. The van der Waals surface area contributed by atoms with E-state index < -0.39 is 0 Å². The molecule has 1 aliphatic heterocycles. The van der Waals surface area contributed by atoms with E-state index in [1.54, 1.807) is 7.11 Å². The molecule has 1 fully saturated rings. The van der Waals surface area contributed by atoms with Gasteiger partial charge >= 0.3 is 0 Å². The highest BCUT2D eigenvalue weighted by molar-refractivity contribution is 5.81. The van der Waals surface area contributed by atoms with Crippen LogP contribution in [0.15, 0.2) is 48.5 Å². The Kier molecular flexibility index (Phi) is 6.33. The molecule has 2 aromatic rings.